The molecule has 2 atom stereocenters. The third kappa shape index (κ3) is 7.98. The van der Waals surface area contributed by atoms with Crippen molar-refractivity contribution in [1.82, 2.24) is 35.8 Å². The second-order valence-electron chi connectivity index (χ2n) is 10.8. The van der Waals surface area contributed by atoms with Crippen molar-refractivity contribution >= 4 is 46.3 Å². The van der Waals surface area contributed by atoms with E-state index in [9.17, 15) is 19.2 Å². The Kier molecular flexibility index (Phi) is 10.3. The van der Waals surface area contributed by atoms with Gasteiger partial charge in [-0.25, -0.2) is 15.0 Å². The SMILES string of the molecule is CC(C)[C@@H]1NC(=O)c2csc(n2)[C@H](Cc2ccccc2)NC(=O)CN(C(=O)c2coc(CN)n2)CCCNC(=O)c2csc1n2. The molecule has 236 valence electrons. The van der Waals surface area contributed by atoms with Crippen molar-refractivity contribution in [2.24, 2.45) is 11.7 Å². The lowest BCUT2D eigenvalue weighted by atomic mass is 10.0. The molecule has 4 amide bonds. The Morgan fingerprint density at radius 2 is 1.73 bits per heavy atom. The molecular formula is C30H34N8O5S2. The van der Waals surface area contributed by atoms with E-state index in [0.29, 0.717) is 22.9 Å². The number of nitrogens with two attached hydrogens (primary N) is 1. The lowest BCUT2D eigenvalue weighted by Crippen LogP contribution is -2.43. The standard InChI is InChI=1S/C30H34N8O5S2/c1-17(2)25-29-36-21(15-45-29)26(40)32-9-6-10-38(30(42)20-14-43-24(12-31)34-20)13-23(39)33-19(11-18-7-4-3-5-8-18)28-35-22(16-44-28)27(41)37-25/h3-5,7-8,14-17,19,25H,6,9-13,31H2,1-2H3,(H,32,40)(H,33,39)(H,37,41)/t19-,25-/m0/s1. The van der Waals surface area contributed by atoms with E-state index in [-0.39, 0.29) is 66.9 Å². The second-order valence-corrected chi connectivity index (χ2v) is 12.6. The zero-order chi connectivity index (χ0) is 31.9. The molecule has 0 radical (unpaired) electrons. The molecule has 0 aliphatic carbocycles. The third-order valence-electron chi connectivity index (χ3n) is 7.10. The quantitative estimate of drug-likeness (QED) is 0.252. The van der Waals surface area contributed by atoms with Gasteiger partial charge in [-0.05, 0) is 24.3 Å². The summed E-state index contributed by atoms with van der Waals surface area (Å²) in [7, 11) is 0. The fourth-order valence-electron chi connectivity index (χ4n) is 4.76. The Labute approximate surface area is 267 Å². The summed E-state index contributed by atoms with van der Waals surface area (Å²) in [5.74, 6) is -1.52. The Morgan fingerprint density at radius 3 is 2.44 bits per heavy atom. The van der Waals surface area contributed by atoms with Crippen LogP contribution in [0.5, 0.6) is 0 Å². The van der Waals surface area contributed by atoms with Crippen LogP contribution in [-0.4, -0.2) is 63.1 Å². The van der Waals surface area contributed by atoms with Gasteiger partial charge in [-0.15, -0.1) is 22.7 Å². The van der Waals surface area contributed by atoms with Crippen LogP contribution in [0.25, 0.3) is 0 Å². The summed E-state index contributed by atoms with van der Waals surface area (Å²) in [6.45, 7) is 4.04. The number of hydrogen-bond donors (Lipinski definition) is 4. The van der Waals surface area contributed by atoms with Crippen LogP contribution in [0, 0.1) is 5.92 Å². The van der Waals surface area contributed by atoms with Crippen LogP contribution < -0.4 is 21.7 Å². The molecule has 0 spiro atoms. The van der Waals surface area contributed by atoms with E-state index in [4.69, 9.17) is 10.2 Å². The molecule has 4 bridgehead atoms. The van der Waals surface area contributed by atoms with E-state index in [1.54, 1.807) is 10.8 Å². The Hall–Kier alpha value is -4.47. The number of oxazole rings is 1. The molecule has 1 aliphatic rings. The van der Waals surface area contributed by atoms with Crippen LogP contribution in [0.4, 0.5) is 0 Å². The van der Waals surface area contributed by atoms with E-state index < -0.39 is 23.9 Å². The first-order valence-electron chi connectivity index (χ1n) is 14.5. The fourth-order valence-corrected chi connectivity index (χ4v) is 6.63. The number of benzene rings is 1. The summed E-state index contributed by atoms with van der Waals surface area (Å²) in [4.78, 5) is 67.7. The minimum Gasteiger partial charge on any atom is -0.447 e. The number of carbonyl (C=O) groups is 4. The maximum atomic E-state index is 13.5. The van der Waals surface area contributed by atoms with Crippen molar-refractivity contribution in [2.45, 2.75) is 45.3 Å². The highest BCUT2D eigenvalue weighted by Crippen LogP contribution is 2.27. The van der Waals surface area contributed by atoms with Gasteiger partial charge in [0.2, 0.25) is 11.8 Å². The molecule has 0 saturated heterocycles. The lowest BCUT2D eigenvalue weighted by Gasteiger charge is -2.23. The molecule has 1 aromatic carbocycles. The van der Waals surface area contributed by atoms with Gasteiger partial charge in [0.05, 0.1) is 25.2 Å². The number of rotatable bonds is 5. The predicted molar refractivity (Wildman–Crippen MR) is 168 cm³/mol. The second kappa shape index (κ2) is 14.5. The average Bonchev–Trinajstić information content (AvgIpc) is 3.82. The monoisotopic (exact) mass is 650 g/mol. The number of aromatic nitrogens is 3. The maximum Gasteiger partial charge on any atom is 0.276 e. The van der Waals surface area contributed by atoms with E-state index in [1.807, 2.05) is 44.2 Å². The summed E-state index contributed by atoms with van der Waals surface area (Å²) in [5, 5.41) is 13.3. The molecule has 5 N–H and O–H groups in total. The van der Waals surface area contributed by atoms with E-state index in [1.165, 1.54) is 33.8 Å². The van der Waals surface area contributed by atoms with E-state index in [2.05, 4.69) is 30.9 Å². The maximum absolute atomic E-state index is 13.5. The van der Waals surface area contributed by atoms with Gasteiger partial charge in [0.15, 0.2) is 5.69 Å². The molecule has 0 saturated carbocycles. The molecule has 3 aromatic heterocycles. The van der Waals surface area contributed by atoms with Crippen LogP contribution >= 0.6 is 22.7 Å². The van der Waals surface area contributed by atoms with Crippen molar-refractivity contribution in [1.29, 1.82) is 0 Å². The summed E-state index contributed by atoms with van der Waals surface area (Å²) < 4.78 is 5.25. The first kappa shape index (κ1) is 31.9. The summed E-state index contributed by atoms with van der Waals surface area (Å²) >= 11 is 2.56. The smallest absolute Gasteiger partial charge is 0.276 e. The number of nitrogens with zero attached hydrogens (tertiary/aromatic N) is 4. The molecule has 1 aliphatic heterocycles. The lowest BCUT2D eigenvalue weighted by molar-refractivity contribution is -0.122. The van der Waals surface area contributed by atoms with Gasteiger partial charge >= 0.3 is 0 Å². The largest absolute Gasteiger partial charge is 0.447 e. The molecule has 4 aromatic rings. The first-order valence-corrected chi connectivity index (χ1v) is 16.2. The van der Waals surface area contributed by atoms with Crippen LogP contribution in [0.15, 0.2) is 51.8 Å². The molecule has 15 heteroatoms. The van der Waals surface area contributed by atoms with Gasteiger partial charge in [0.25, 0.3) is 17.7 Å². The van der Waals surface area contributed by atoms with Crippen LogP contribution in [-0.2, 0) is 17.8 Å². The van der Waals surface area contributed by atoms with E-state index >= 15 is 0 Å². The summed E-state index contributed by atoms with van der Waals surface area (Å²) in [6.07, 6.45) is 1.99. The van der Waals surface area contributed by atoms with Gasteiger partial charge in [-0.3, -0.25) is 19.2 Å². The van der Waals surface area contributed by atoms with Gasteiger partial charge < -0.3 is 31.0 Å². The minimum absolute atomic E-state index is 0.0116. The van der Waals surface area contributed by atoms with E-state index in [0.717, 1.165) is 5.56 Å². The van der Waals surface area contributed by atoms with Crippen LogP contribution in [0.3, 0.4) is 0 Å². The zero-order valence-corrected chi connectivity index (χ0v) is 26.5. The van der Waals surface area contributed by atoms with Gasteiger partial charge in [0.1, 0.15) is 27.7 Å². The van der Waals surface area contributed by atoms with Crippen molar-refractivity contribution in [3.63, 3.8) is 0 Å². The van der Waals surface area contributed by atoms with Crippen molar-refractivity contribution < 1.29 is 23.6 Å². The molecule has 4 heterocycles. The number of thiazole rings is 2. The normalized spacial score (nSPS) is 18.4. The molecule has 0 unspecified atom stereocenters. The first-order chi connectivity index (χ1) is 21.7. The van der Waals surface area contributed by atoms with Crippen molar-refractivity contribution in [3.8, 4) is 0 Å². The Morgan fingerprint density at radius 1 is 1.02 bits per heavy atom. The number of fused-ring (bicyclic) bond motifs is 4. The minimum atomic E-state index is -0.567. The van der Waals surface area contributed by atoms with Crippen LogP contribution in [0.2, 0.25) is 0 Å². The molecule has 5 rings (SSSR count). The highest BCUT2D eigenvalue weighted by Gasteiger charge is 2.28. The molecule has 0 fully saturated rings. The molecular weight excluding hydrogens is 617 g/mol. The summed E-state index contributed by atoms with van der Waals surface area (Å²) in [6, 6.07) is 8.61. The zero-order valence-electron chi connectivity index (χ0n) is 24.8. The third-order valence-corrected chi connectivity index (χ3v) is 8.99. The van der Waals surface area contributed by atoms with Gasteiger partial charge in [-0.2, -0.15) is 0 Å². The van der Waals surface area contributed by atoms with Gasteiger partial charge in [-0.1, -0.05) is 44.2 Å². The Bertz CT molecular complexity index is 1650. The highest BCUT2D eigenvalue weighted by molar-refractivity contribution is 7.10. The number of amides is 4. The van der Waals surface area contributed by atoms with Crippen molar-refractivity contribution in [2.75, 3.05) is 19.6 Å². The number of nitrogens with one attached hydrogen (secondary N) is 3. The topological polar surface area (TPSA) is 185 Å². The predicted octanol–water partition coefficient (Wildman–Crippen LogP) is 2.85. The highest BCUT2D eigenvalue weighted by atomic mass is 32.1. The fraction of sp³-hybridized carbons (Fsp3) is 0.367. The van der Waals surface area contributed by atoms with Crippen LogP contribution in [0.1, 0.15) is 85.3 Å². The van der Waals surface area contributed by atoms with Crippen molar-refractivity contribution in [3.05, 3.63) is 85.9 Å². The number of hydrogen-bond acceptors (Lipinski definition) is 11. The van der Waals surface area contributed by atoms with Gasteiger partial charge in [0, 0.05) is 23.8 Å². The average molecular weight is 651 g/mol. The molecule has 45 heavy (non-hydrogen) atoms. The summed E-state index contributed by atoms with van der Waals surface area (Å²) in [5.41, 5.74) is 7.02. The Balaban J connectivity index is 1.46. The molecule has 13 nitrogen and oxygen atoms in total. The number of carbonyl (C=O) groups excluding carboxylic acids is 4.